The van der Waals surface area contributed by atoms with Crippen LogP contribution >= 0.6 is 0 Å². The summed E-state index contributed by atoms with van der Waals surface area (Å²) in [6, 6.07) is 0.843. The van der Waals surface area contributed by atoms with Crippen LogP contribution < -0.4 is 5.32 Å². The van der Waals surface area contributed by atoms with E-state index in [0.29, 0.717) is 0 Å². The van der Waals surface area contributed by atoms with E-state index in [-0.39, 0.29) is 0 Å². The predicted octanol–water partition coefficient (Wildman–Crippen LogP) is 4.23. The smallest absolute Gasteiger partial charge is 0.0129 e. The topological polar surface area (TPSA) is 12.0 Å². The van der Waals surface area contributed by atoms with Gasteiger partial charge in [0, 0.05) is 6.04 Å². The van der Waals surface area contributed by atoms with Crippen molar-refractivity contribution in [3.8, 4) is 0 Å². The summed E-state index contributed by atoms with van der Waals surface area (Å²) in [4.78, 5) is 0. The molecule has 0 aromatic carbocycles. The summed E-state index contributed by atoms with van der Waals surface area (Å²) in [6.07, 6.45) is 10.1. The number of rotatable bonds is 6. The lowest BCUT2D eigenvalue weighted by Crippen LogP contribution is -2.43. The molecular formula is C16H31N. The molecule has 1 heteroatoms. The fourth-order valence-corrected chi connectivity index (χ4v) is 4.00. The second kappa shape index (κ2) is 6.22. The van der Waals surface area contributed by atoms with Gasteiger partial charge in [0.25, 0.3) is 0 Å². The van der Waals surface area contributed by atoms with Crippen molar-refractivity contribution in [2.24, 2.45) is 23.7 Å². The maximum atomic E-state index is 3.90. The Morgan fingerprint density at radius 1 is 1.12 bits per heavy atom. The van der Waals surface area contributed by atoms with Crippen molar-refractivity contribution in [1.82, 2.24) is 5.32 Å². The van der Waals surface area contributed by atoms with E-state index in [4.69, 9.17) is 0 Å². The Bertz CT molecular complexity index is 226. The Morgan fingerprint density at radius 3 is 2.41 bits per heavy atom. The largest absolute Gasteiger partial charge is 0.313 e. The maximum absolute atomic E-state index is 3.90. The Morgan fingerprint density at radius 2 is 1.82 bits per heavy atom. The minimum atomic E-state index is 0.843. The first-order valence-corrected chi connectivity index (χ1v) is 8.01. The van der Waals surface area contributed by atoms with Gasteiger partial charge in [-0.3, -0.25) is 0 Å². The SMILES string of the molecule is CCCNC(C1CC1C)C1CCCCC1CC. The summed E-state index contributed by atoms with van der Waals surface area (Å²) in [7, 11) is 0. The molecule has 0 bridgehead atoms. The van der Waals surface area contributed by atoms with Crippen LogP contribution in [-0.4, -0.2) is 12.6 Å². The van der Waals surface area contributed by atoms with E-state index in [1.165, 1.54) is 51.5 Å². The van der Waals surface area contributed by atoms with Gasteiger partial charge in [-0.05, 0) is 49.5 Å². The lowest BCUT2D eigenvalue weighted by atomic mass is 9.72. The third-order valence-corrected chi connectivity index (χ3v) is 5.22. The van der Waals surface area contributed by atoms with Gasteiger partial charge in [-0.25, -0.2) is 0 Å². The molecule has 17 heavy (non-hydrogen) atoms. The molecular weight excluding hydrogens is 206 g/mol. The molecule has 0 aromatic heterocycles. The lowest BCUT2D eigenvalue weighted by molar-refractivity contribution is 0.159. The van der Waals surface area contributed by atoms with Crippen LogP contribution in [-0.2, 0) is 0 Å². The van der Waals surface area contributed by atoms with E-state index in [2.05, 4.69) is 26.1 Å². The Labute approximate surface area is 108 Å². The van der Waals surface area contributed by atoms with Crippen molar-refractivity contribution in [3.05, 3.63) is 0 Å². The molecule has 0 heterocycles. The van der Waals surface area contributed by atoms with Crippen LogP contribution in [0, 0.1) is 23.7 Å². The van der Waals surface area contributed by atoms with Gasteiger partial charge in [0.1, 0.15) is 0 Å². The Balaban J connectivity index is 1.97. The molecule has 0 radical (unpaired) electrons. The molecule has 2 fully saturated rings. The minimum absolute atomic E-state index is 0.843. The molecule has 0 spiro atoms. The fourth-order valence-electron chi connectivity index (χ4n) is 4.00. The molecule has 2 aliphatic rings. The van der Waals surface area contributed by atoms with Crippen molar-refractivity contribution in [3.63, 3.8) is 0 Å². The second-order valence-electron chi connectivity index (χ2n) is 6.47. The van der Waals surface area contributed by atoms with Crippen molar-refractivity contribution in [2.45, 2.75) is 71.8 Å². The van der Waals surface area contributed by atoms with E-state index >= 15 is 0 Å². The highest BCUT2D eigenvalue weighted by molar-refractivity contribution is 4.98. The highest BCUT2D eigenvalue weighted by atomic mass is 14.9. The Kier molecular flexibility index (Phi) is 4.90. The summed E-state index contributed by atoms with van der Waals surface area (Å²) in [5, 5.41) is 3.90. The highest BCUT2D eigenvalue weighted by Gasteiger charge is 2.44. The summed E-state index contributed by atoms with van der Waals surface area (Å²) in [5.41, 5.74) is 0. The first kappa shape index (κ1) is 13.4. The molecule has 5 atom stereocenters. The van der Waals surface area contributed by atoms with E-state index in [9.17, 15) is 0 Å². The van der Waals surface area contributed by atoms with Crippen LogP contribution in [0.15, 0.2) is 0 Å². The molecule has 2 saturated carbocycles. The average molecular weight is 237 g/mol. The van der Waals surface area contributed by atoms with Crippen LogP contribution in [0.4, 0.5) is 0 Å². The fraction of sp³-hybridized carbons (Fsp3) is 1.00. The normalized spacial score (nSPS) is 39.0. The van der Waals surface area contributed by atoms with E-state index in [1.807, 2.05) is 0 Å². The third kappa shape index (κ3) is 3.24. The van der Waals surface area contributed by atoms with E-state index < -0.39 is 0 Å². The number of hydrogen-bond acceptors (Lipinski definition) is 1. The zero-order chi connectivity index (χ0) is 12.3. The Hall–Kier alpha value is -0.0400. The summed E-state index contributed by atoms with van der Waals surface area (Å²) in [5.74, 6) is 3.98. The molecule has 1 N–H and O–H groups in total. The summed E-state index contributed by atoms with van der Waals surface area (Å²) < 4.78 is 0. The molecule has 1 nitrogen and oxygen atoms in total. The highest BCUT2D eigenvalue weighted by Crippen LogP contribution is 2.47. The van der Waals surface area contributed by atoms with E-state index in [1.54, 1.807) is 0 Å². The van der Waals surface area contributed by atoms with Gasteiger partial charge in [-0.15, -0.1) is 0 Å². The van der Waals surface area contributed by atoms with Gasteiger partial charge in [0.2, 0.25) is 0 Å². The predicted molar refractivity (Wildman–Crippen MR) is 75.1 cm³/mol. The maximum Gasteiger partial charge on any atom is 0.0129 e. The molecule has 0 aliphatic heterocycles. The van der Waals surface area contributed by atoms with Crippen molar-refractivity contribution >= 4 is 0 Å². The first-order chi connectivity index (χ1) is 8.27. The van der Waals surface area contributed by atoms with Crippen LogP contribution in [0.3, 0.4) is 0 Å². The van der Waals surface area contributed by atoms with Gasteiger partial charge in [-0.2, -0.15) is 0 Å². The standard InChI is InChI=1S/C16H31N/c1-4-10-17-16(15-11-12(15)3)14-9-7-6-8-13(14)5-2/h12-17H,4-11H2,1-3H3. The molecule has 0 aromatic rings. The molecule has 100 valence electrons. The molecule has 2 rings (SSSR count). The quantitative estimate of drug-likeness (QED) is 0.729. The average Bonchev–Trinajstić information content (AvgIpc) is 3.07. The van der Waals surface area contributed by atoms with E-state index in [0.717, 1.165) is 29.7 Å². The monoisotopic (exact) mass is 237 g/mol. The van der Waals surface area contributed by atoms with Crippen molar-refractivity contribution in [1.29, 1.82) is 0 Å². The van der Waals surface area contributed by atoms with Gasteiger partial charge in [0.05, 0.1) is 0 Å². The zero-order valence-corrected chi connectivity index (χ0v) is 12.0. The van der Waals surface area contributed by atoms with Crippen LogP contribution in [0.2, 0.25) is 0 Å². The van der Waals surface area contributed by atoms with Gasteiger partial charge >= 0.3 is 0 Å². The van der Waals surface area contributed by atoms with Gasteiger partial charge < -0.3 is 5.32 Å². The van der Waals surface area contributed by atoms with Crippen LogP contribution in [0.1, 0.15) is 65.7 Å². The van der Waals surface area contributed by atoms with Gasteiger partial charge in [-0.1, -0.05) is 46.5 Å². The van der Waals surface area contributed by atoms with Crippen molar-refractivity contribution < 1.29 is 0 Å². The van der Waals surface area contributed by atoms with Crippen LogP contribution in [0.5, 0.6) is 0 Å². The lowest BCUT2D eigenvalue weighted by Gasteiger charge is -2.38. The number of hydrogen-bond donors (Lipinski definition) is 1. The first-order valence-electron chi connectivity index (χ1n) is 8.01. The second-order valence-corrected chi connectivity index (χ2v) is 6.47. The summed E-state index contributed by atoms with van der Waals surface area (Å²) >= 11 is 0. The summed E-state index contributed by atoms with van der Waals surface area (Å²) in [6.45, 7) is 8.35. The van der Waals surface area contributed by atoms with Gasteiger partial charge in [0.15, 0.2) is 0 Å². The molecule has 5 unspecified atom stereocenters. The molecule has 0 saturated heterocycles. The molecule has 0 amide bonds. The molecule has 2 aliphatic carbocycles. The number of nitrogens with one attached hydrogen (secondary N) is 1. The van der Waals surface area contributed by atoms with Crippen molar-refractivity contribution in [2.75, 3.05) is 6.54 Å². The zero-order valence-electron chi connectivity index (χ0n) is 12.0. The van der Waals surface area contributed by atoms with Crippen LogP contribution in [0.25, 0.3) is 0 Å². The third-order valence-electron chi connectivity index (χ3n) is 5.22. The minimum Gasteiger partial charge on any atom is -0.313 e.